The Morgan fingerprint density at radius 2 is 1.80 bits per heavy atom. The van der Waals surface area contributed by atoms with Crippen molar-refractivity contribution in [1.29, 1.82) is 0 Å². The van der Waals surface area contributed by atoms with E-state index in [0.29, 0.717) is 18.0 Å². The van der Waals surface area contributed by atoms with Crippen LogP contribution < -0.4 is 0 Å². The highest BCUT2D eigenvalue weighted by Crippen LogP contribution is 2.34. The van der Waals surface area contributed by atoms with Crippen LogP contribution >= 0.6 is 11.8 Å². The molecular weight excluding hydrogens is 402 g/mol. The van der Waals surface area contributed by atoms with Crippen LogP contribution in [0.2, 0.25) is 0 Å². The van der Waals surface area contributed by atoms with E-state index in [9.17, 15) is 19.5 Å². The van der Waals surface area contributed by atoms with Crippen LogP contribution in [0.3, 0.4) is 0 Å². The van der Waals surface area contributed by atoms with Gasteiger partial charge in [-0.3, -0.25) is 19.3 Å². The number of benzene rings is 1. The third-order valence-electron chi connectivity index (χ3n) is 5.49. The molecule has 0 radical (unpaired) electrons. The lowest BCUT2D eigenvalue weighted by molar-refractivity contribution is -0.135. The average molecular weight is 426 g/mol. The molecule has 2 saturated heterocycles. The monoisotopic (exact) mass is 425 g/mol. The Balaban J connectivity index is 1.57. The number of hydrogen-bond donors (Lipinski definition) is 1. The van der Waals surface area contributed by atoms with E-state index in [1.165, 1.54) is 0 Å². The van der Waals surface area contributed by atoms with Gasteiger partial charge < -0.3 is 14.6 Å². The van der Waals surface area contributed by atoms with Gasteiger partial charge in [-0.15, -0.1) is 0 Å². The molecule has 0 saturated carbocycles. The van der Waals surface area contributed by atoms with Crippen LogP contribution in [0.15, 0.2) is 35.2 Å². The number of amides is 3. The molecule has 2 fully saturated rings. The first-order valence-corrected chi connectivity index (χ1v) is 10.7. The number of rotatable bonds is 4. The fourth-order valence-corrected chi connectivity index (χ4v) is 4.74. The lowest BCUT2D eigenvalue weighted by atomic mass is 10.2. The Morgan fingerprint density at radius 1 is 1.13 bits per heavy atom. The van der Waals surface area contributed by atoms with Gasteiger partial charge in [-0.1, -0.05) is 0 Å². The Kier molecular flexibility index (Phi) is 5.42. The van der Waals surface area contributed by atoms with Crippen molar-refractivity contribution in [3.63, 3.8) is 0 Å². The molecule has 1 aromatic heterocycles. The first-order chi connectivity index (χ1) is 14.3. The van der Waals surface area contributed by atoms with E-state index in [1.54, 1.807) is 23.1 Å². The summed E-state index contributed by atoms with van der Waals surface area (Å²) in [4.78, 5) is 40.6. The Labute approximate surface area is 179 Å². The molecule has 0 bridgehead atoms. The molecule has 2 aromatic rings. The predicted octanol–water partition coefficient (Wildman–Crippen LogP) is 3.46. The summed E-state index contributed by atoms with van der Waals surface area (Å²) < 4.78 is 2.02. The van der Waals surface area contributed by atoms with Gasteiger partial charge in [0.05, 0.1) is 4.91 Å². The van der Waals surface area contributed by atoms with E-state index < -0.39 is 11.1 Å². The number of aromatic hydroxyl groups is 1. The van der Waals surface area contributed by atoms with Crippen LogP contribution in [0.5, 0.6) is 5.75 Å². The zero-order valence-electron chi connectivity index (χ0n) is 16.9. The zero-order chi connectivity index (χ0) is 21.4. The van der Waals surface area contributed by atoms with Crippen LogP contribution in [0.1, 0.15) is 29.8 Å². The molecule has 3 heterocycles. The first kappa shape index (κ1) is 20.3. The van der Waals surface area contributed by atoms with Crippen molar-refractivity contribution >= 4 is 34.9 Å². The molecule has 30 heavy (non-hydrogen) atoms. The largest absolute Gasteiger partial charge is 0.508 e. The number of hydrogen-bond acceptors (Lipinski definition) is 5. The molecule has 0 unspecified atom stereocenters. The second-order valence-corrected chi connectivity index (χ2v) is 8.53. The molecule has 1 aromatic carbocycles. The number of phenols is 1. The summed E-state index contributed by atoms with van der Waals surface area (Å²) >= 11 is 0.868. The van der Waals surface area contributed by atoms with Crippen molar-refractivity contribution < 1.29 is 19.5 Å². The third-order valence-corrected chi connectivity index (χ3v) is 6.40. The number of aromatic nitrogens is 1. The molecule has 0 aliphatic carbocycles. The standard InChI is InChI=1S/C22H23N3O4S/c1-14-11-16(15(2)25(14)17-5-7-18(26)8-6-17)12-19-21(28)24(22(29)30-19)13-20(27)23-9-3-4-10-23/h5-8,11-12,26H,3-4,9-10,13H2,1-2H3/b19-12-. The van der Waals surface area contributed by atoms with Crippen LogP contribution in [-0.2, 0) is 9.59 Å². The fourth-order valence-electron chi connectivity index (χ4n) is 3.91. The molecule has 2 aliphatic heterocycles. The Bertz CT molecular complexity index is 1050. The van der Waals surface area contributed by atoms with Gasteiger partial charge in [0.1, 0.15) is 12.3 Å². The molecule has 0 spiro atoms. The Morgan fingerprint density at radius 3 is 2.47 bits per heavy atom. The summed E-state index contributed by atoms with van der Waals surface area (Å²) in [6.45, 7) is 5.07. The van der Waals surface area contributed by atoms with E-state index in [4.69, 9.17) is 0 Å². The highest BCUT2D eigenvalue weighted by atomic mass is 32.2. The van der Waals surface area contributed by atoms with E-state index in [2.05, 4.69) is 0 Å². The fraction of sp³-hybridized carbons (Fsp3) is 0.318. The van der Waals surface area contributed by atoms with Crippen LogP contribution in [0, 0.1) is 13.8 Å². The lowest BCUT2D eigenvalue weighted by Gasteiger charge is -2.18. The summed E-state index contributed by atoms with van der Waals surface area (Å²) in [5.41, 5.74) is 3.61. The number of phenolic OH excluding ortho intramolecular Hbond substituents is 1. The highest BCUT2D eigenvalue weighted by Gasteiger charge is 2.37. The van der Waals surface area contributed by atoms with Crippen LogP contribution in [0.25, 0.3) is 11.8 Å². The number of thioether (sulfide) groups is 1. The van der Waals surface area contributed by atoms with E-state index >= 15 is 0 Å². The highest BCUT2D eigenvalue weighted by molar-refractivity contribution is 8.18. The molecule has 156 valence electrons. The SMILES string of the molecule is Cc1cc(/C=C2\SC(=O)N(CC(=O)N3CCCC3)C2=O)c(C)n1-c1ccc(O)cc1. The number of likely N-dealkylation sites (tertiary alicyclic amines) is 1. The van der Waals surface area contributed by atoms with Gasteiger partial charge in [0.2, 0.25) is 5.91 Å². The van der Waals surface area contributed by atoms with Crippen molar-refractivity contribution in [2.24, 2.45) is 0 Å². The molecule has 2 aliphatic rings. The van der Waals surface area contributed by atoms with Gasteiger partial charge in [0.25, 0.3) is 11.1 Å². The van der Waals surface area contributed by atoms with Gasteiger partial charge in [-0.25, -0.2) is 0 Å². The molecule has 8 heteroatoms. The molecular formula is C22H23N3O4S. The number of imide groups is 1. The van der Waals surface area contributed by atoms with Gasteiger partial charge in [-0.05, 0) is 80.4 Å². The summed E-state index contributed by atoms with van der Waals surface area (Å²) in [6, 6.07) is 8.83. The maximum atomic E-state index is 12.8. The molecule has 7 nitrogen and oxygen atoms in total. The second kappa shape index (κ2) is 8.02. The topological polar surface area (TPSA) is 82.9 Å². The molecule has 4 rings (SSSR count). The summed E-state index contributed by atoms with van der Waals surface area (Å²) in [6.07, 6.45) is 3.64. The quantitative estimate of drug-likeness (QED) is 0.759. The zero-order valence-corrected chi connectivity index (χ0v) is 17.7. The van der Waals surface area contributed by atoms with Gasteiger partial charge in [0, 0.05) is 30.2 Å². The van der Waals surface area contributed by atoms with Crippen molar-refractivity contribution in [3.05, 3.63) is 52.2 Å². The van der Waals surface area contributed by atoms with Crippen LogP contribution in [-0.4, -0.2) is 56.2 Å². The minimum Gasteiger partial charge on any atom is -0.508 e. The lowest BCUT2D eigenvalue weighted by Crippen LogP contribution is -2.40. The van der Waals surface area contributed by atoms with Crippen molar-refractivity contribution in [1.82, 2.24) is 14.4 Å². The number of carbonyl (C=O) groups is 3. The maximum Gasteiger partial charge on any atom is 0.294 e. The van der Waals surface area contributed by atoms with Gasteiger partial charge in [0.15, 0.2) is 0 Å². The minimum atomic E-state index is -0.424. The van der Waals surface area contributed by atoms with Crippen molar-refractivity contribution in [2.75, 3.05) is 19.6 Å². The maximum absolute atomic E-state index is 12.8. The number of carbonyl (C=O) groups excluding carboxylic acids is 3. The van der Waals surface area contributed by atoms with Crippen molar-refractivity contribution in [2.45, 2.75) is 26.7 Å². The van der Waals surface area contributed by atoms with Gasteiger partial charge in [-0.2, -0.15) is 0 Å². The van der Waals surface area contributed by atoms with E-state index in [1.807, 2.05) is 36.6 Å². The first-order valence-electron chi connectivity index (χ1n) is 9.86. The van der Waals surface area contributed by atoms with Gasteiger partial charge >= 0.3 is 0 Å². The minimum absolute atomic E-state index is 0.179. The second-order valence-electron chi connectivity index (χ2n) is 7.53. The summed E-state index contributed by atoms with van der Waals surface area (Å²) in [5.74, 6) is -0.410. The molecule has 0 atom stereocenters. The molecule has 1 N–H and O–H groups in total. The number of aryl methyl sites for hydroxylation is 1. The normalized spacial score (nSPS) is 18.1. The van der Waals surface area contributed by atoms with E-state index in [0.717, 1.165) is 52.1 Å². The predicted molar refractivity (Wildman–Crippen MR) is 115 cm³/mol. The summed E-state index contributed by atoms with van der Waals surface area (Å²) in [5, 5.41) is 9.11. The smallest absolute Gasteiger partial charge is 0.294 e. The van der Waals surface area contributed by atoms with Crippen LogP contribution in [0.4, 0.5) is 4.79 Å². The van der Waals surface area contributed by atoms with Crippen molar-refractivity contribution in [3.8, 4) is 11.4 Å². The van der Waals surface area contributed by atoms with E-state index in [-0.39, 0.29) is 18.2 Å². The molecule has 3 amide bonds. The Hall–Kier alpha value is -3.00. The summed E-state index contributed by atoms with van der Waals surface area (Å²) in [7, 11) is 0. The number of nitrogens with zero attached hydrogens (tertiary/aromatic N) is 3. The third kappa shape index (κ3) is 3.75. The average Bonchev–Trinajstić information content (AvgIpc) is 3.40.